The van der Waals surface area contributed by atoms with Crippen molar-refractivity contribution in [2.24, 2.45) is 0 Å². The van der Waals surface area contributed by atoms with E-state index in [4.69, 9.17) is 9.47 Å². The summed E-state index contributed by atoms with van der Waals surface area (Å²) in [6, 6.07) is 13.0. The molecule has 0 radical (unpaired) electrons. The van der Waals surface area contributed by atoms with Gasteiger partial charge in [0.05, 0.1) is 25.6 Å². The summed E-state index contributed by atoms with van der Waals surface area (Å²) in [4.78, 5) is 43.4. The van der Waals surface area contributed by atoms with Crippen molar-refractivity contribution in [2.75, 3.05) is 46.3 Å². The van der Waals surface area contributed by atoms with Gasteiger partial charge in [-0.1, -0.05) is 18.2 Å². The van der Waals surface area contributed by atoms with E-state index in [2.05, 4.69) is 20.8 Å². The number of rotatable bonds is 12. The first-order chi connectivity index (χ1) is 22.7. The van der Waals surface area contributed by atoms with Crippen LogP contribution in [0.4, 0.5) is 19.3 Å². The quantitative estimate of drug-likeness (QED) is 0.203. The Morgan fingerprint density at radius 3 is 2.34 bits per heavy atom. The number of hydrogen-bond acceptors (Lipinski definition) is 9. The van der Waals surface area contributed by atoms with Gasteiger partial charge in [-0.25, -0.2) is 22.9 Å². The van der Waals surface area contributed by atoms with Gasteiger partial charge in [0, 0.05) is 48.9 Å². The smallest absolute Gasteiger partial charge is 0.338 e. The van der Waals surface area contributed by atoms with Gasteiger partial charge in [0.2, 0.25) is 5.88 Å². The van der Waals surface area contributed by atoms with Crippen LogP contribution in [0.1, 0.15) is 18.1 Å². The van der Waals surface area contributed by atoms with Crippen LogP contribution in [0.5, 0.6) is 5.88 Å². The van der Waals surface area contributed by atoms with Gasteiger partial charge in [-0.2, -0.15) is 0 Å². The Morgan fingerprint density at radius 2 is 1.72 bits per heavy atom. The molecule has 0 spiro atoms. The average Bonchev–Trinajstić information content (AvgIpc) is 3.43. The van der Waals surface area contributed by atoms with E-state index in [1.807, 2.05) is 18.9 Å². The maximum Gasteiger partial charge on any atom is 0.338 e. The first-order valence-electron chi connectivity index (χ1n) is 14.6. The molecule has 47 heavy (non-hydrogen) atoms. The van der Waals surface area contributed by atoms with Crippen LogP contribution in [0.25, 0.3) is 26.5 Å². The van der Waals surface area contributed by atoms with E-state index in [0.717, 1.165) is 28.0 Å². The van der Waals surface area contributed by atoms with Crippen molar-refractivity contribution in [3.8, 4) is 22.1 Å². The average molecular weight is 666 g/mol. The SMILES string of the molecule is CCNC(=O)Nc1ccc(-c2sc3c(c2CN(C)CCOC)c(=O)n(-c2ccc(OC)nn2)c(=O)n3Cc2c(F)cccc2F)cc1. The lowest BCUT2D eigenvalue weighted by Crippen LogP contribution is -2.40. The Balaban J connectivity index is 1.79. The van der Waals surface area contributed by atoms with Gasteiger partial charge in [-0.15, -0.1) is 21.5 Å². The molecular formula is C32H33F2N7O5S. The standard InChI is InChI=1S/C32H33F2N7O5S/c1-5-35-31(43)36-20-11-9-19(10-12-20)28-22(17-39(2)15-16-45-3)27-29(42)41(25-13-14-26(46-4)38-37-25)32(44)40(30(27)47-28)18-21-23(33)7-6-8-24(21)34/h6-14H,5,15-18H2,1-4H3,(H2,35,36,43). The Kier molecular flexibility index (Phi) is 10.4. The van der Waals surface area contributed by atoms with Crippen LogP contribution in [0.15, 0.2) is 64.2 Å². The monoisotopic (exact) mass is 665 g/mol. The van der Waals surface area contributed by atoms with Gasteiger partial charge < -0.3 is 20.1 Å². The molecule has 0 aliphatic heterocycles. The summed E-state index contributed by atoms with van der Waals surface area (Å²) in [6.07, 6.45) is 0. The summed E-state index contributed by atoms with van der Waals surface area (Å²) in [5.41, 5.74) is -0.00602. The van der Waals surface area contributed by atoms with Gasteiger partial charge in [0.15, 0.2) is 5.82 Å². The van der Waals surface area contributed by atoms with Crippen LogP contribution in [-0.2, 0) is 17.8 Å². The molecule has 2 amide bonds. The van der Waals surface area contributed by atoms with Crippen LogP contribution < -0.4 is 26.6 Å². The third kappa shape index (κ3) is 7.06. The van der Waals surface area contributed by atoms with E-state index in [0.29, 0.717) is 41.4 Å². The second kappa shape index (κ2) is 14.6. The highest BCUT2D eigenvalue weighted by Crippen LogP contribution is 2.38. The molecule has 246 valence electrons. The highest BCUT2D eigenvalue weighted by molar-refractivity contribution is 7.22. The van der Waals surface area contributed by atoms with Gasteiger partial charge in [0.25, 0.3) is 5.56 Å². The molecule has 3 heterocycles. The molecule has 15 heteroatoms. The molecule has 0 unspecified atom stereocenters. The fourth-order valence-corrected chi connectivity index (χ4v) is 6.32. The molecule has 0 atom stereocenters. The molecule has 2 N–H and O–H groups in total. The maximum absolute atomic E-state index is 15.0. The third-order valence-electron chi connectivity index (χ3n) is 7.36. The van der Waals surface area contributed by atoms with Crippen LogP contribution in [0.2, 0.25) is 0 Å². The van der Waals surface area contributed by atoms with Crippen molar-refractivity contribution < 1.29 is 23.0 Å². The molecule has 0 aliphatic carbocycles. The third-order valence-corrected chi connectivity index (χ3v) is 8.67. The fourth-order valence-electron chi connectivity index (χ4n) is 5.01. The number of hydrogen-bond donors (Lipinski definition) is 2. The number of urea groups is 1. The Labute approximate surface area is 272 Å². The van der Waals surface area contributed by atoms with Gasteiger partial charge >= 0.3 is 11.7 Å². The second-order valence-corrected chi connectivity index (χ2v) is 11.5. The minimum absolute atomic E-state index is 0.0855. The molecule has 3 aromatic heterocycles. The molecule has 0 bridgehead atoms. The van der Waals surface area contributed by atoms with Gasteiger partial charge in [0.1, 0.15) is 16.5 Å². The fraction of sp³-hybridized carbons (Fsp3) is 0.281. The summed E-state index contributed by atoms with van der Waals surface area (Å²) in [5, 5.41) is 13.6. The summed E-state index contributed by atoms with van der Waals surface area (Å²) in [5.74, 6) is -1.59. The maximum atomic E-state index is 15.0. The number of thiophene rings is 1. The molecule has 0 saturated heterocycles. The number of methoxy groups -OCH3 is 2. The van der Waals surface area contributed by atoms with Crippen molar-refractivity contribution >= 4 is 33.3 Å². The number of carbonyl (C=O) groups excluding carboxylic acids is 1. The predicted molar refractivity (Wildman–Crippen MR) is 176 cm³/mol. The van der Waals surface area contributed by atoms with Crippen molar-refractivity contribution in [1.82, 2.24) is 29.5 Å². The summed E-state index contributed by atoms with van der Waals surface area (Å²) >= 11 is 1.16. The number of amides is 2. The Hall–Kier alpha value is -4.99. The lowest BCUT2D eigenvalue weighted by molar-refractivity contribution is 0.159. The van der Waals surface area contributed by atoms with E-state index >= 15 is 0 Å². The number of likely N-dealkylation sites (N-methyl/N-ethyl adjacent to an activating group) is 1. The highest BCUT2D eigenvalue weighted by atomic mass is 32.1. The molecular weight excluding hydrogens is 632 g/mol. The Morgan fingerprint density at radius 1 is 1.00 bits per heavy atom. The first-order valence-corrected chi connectivity index (χ1v) is 15.4. The van der Waals surface area contributed by atoms with Crippen LogP contribution in [-0.4, -0.2) is 71.2 Å². The largest absolute Gasteiger partial charge is 0.480 e. The van der Waals surface area contributed by atoms with Crippen LogP contribution in [0, 0.1) is 11.6 Å². The second-order valence-electron chi connectivity index (χ2n) is 10.5. The zero-order valence-electron chi connectivity index (χ0n) is 26.2. The first kappa shape index (κ1) is 33.4. The number of fused-ring (bicyclic) bond motifs is 1. The number of halogens is 2. The minimum atomic E-state index is -0.849. The molecule has 2 aromatic carbocycles. The van der Waals surface area contributed by atoms with Crippen molar-refractivity contribution in [1.29, 1.82) is 0 Å². The predicted octanol–water partition coefficient (Wildman–Crippen LogP) is 4.23. The van der Waals surface area contributed by atoms with E-state index in [-0.39, 0.29) is 40.1 Å². The van der Waals surface area contributed by atoms with Crippen LogP contribution >= 0.6 is 11.3 Å². The zero-order valence-corrected chi connectivity index (χ0v) is 27.0. The van der Waals surface area contributed by atoms with Crippen molar-refractivity contribution in [3.63, 3.8) is 0 Å². The van der Waals surface area contributed by atoms with E-state index < -0.39 is 29.4 Å². The minimum Gasteiger partial charge on any atom is -0.480 e. The number of nitrogens with zero attached hydrogens (tertiary/aromatic N) is 5. The molecule has 0 aliphatic rings. The lowest BCUT2D eigenvalue weighted by Gasteiger charge is -2.17. The topological polar surface area (TPSA) is 133 Å². The summed E-state index contributed by atoms with van der Waals surface area (Å²) in [6.45, 7) is 3.01. The molecule has 12 nitrogen and oxygen atoms in total. The lowest BCUT2D eigenvalue weighted by atomic mass is 10.1. The number of benzene rings is 2. The van der Waals surface area contributed by atoms with E-state index in [9.17, 15) is 23.2 Å². The summed E-state index contributed by atoms with van der Waals surface area (Å²) in [7, 11) is 4.86. The number of aromatic nitrogens is 4. The van der Waals surface area contributed by atoms with Gasteiger partial charge in [-0.05, 0) is 55.4 Å². The number of anilines is 1. The highest BCUT2D eigenvalue weighted by Gasteiger charge is 2.26. The van der Waals surface area contributed by atoms with Crippen LogP contribution in [0.3, 0.4) is 0 Å². The van der Waals surface area contributed by atoms with E-state index in [1.54, 1.807) is 31.4 Å². The molecule has 0 fully saturated rings. The normalized spacial score (nSPS) is 11.3. The van der Waals surface area contributed by atoms with Gasteiger partial charge in [-0.3, -0.25) is 14.3 Å². The van der Waals surface area contributed by atoms with Crippen molar-refractivity contribution in [3.05, 3.63) is 98.2 Å². The molecule has 5 aromatic rings. The zero-order chi connectivity index (χ0) is 33.7. The Bertz CT molecular complexity index is 1990. The number of carbonyl (C=O) groups is 1. The number of nitrogens with one attached hydrogen (secondary N) is 2. The van der Waals surface area contributed by atoms with E-state index in [1.165, 1.54) is 29.9 Å². The molecule has 5 rings (SSSR count). The van der Waals surface area contributed by atoms with Crippen molar-refractivity contribution in [2.45, 2.75) is 20.0 Å². The number of ether oxygens (including phenoxy) is 2. The summed E-state index contributed by atoms with van der Waals surface area (Å²) < 4.78 is 42.3. The molecule has 0 saturated carbocycles.